The number of benzene rings is 3. The molecular formula is C30H36FN3O4S. The molecule has 3 aromatic carbocycles. The summed E-state index contributed by atoms with van der Waals surface area (Å²) < 4.78 is 42.2. The summed E-state index contributed by atoms with van der Waals surface area (Å²) in [7, 11) is -4.20. The molecule has 1 atom stereocenters. The van der Waals surface area contributed by atoms with Crippen LogP contribution in [-0.2, 0) is 26.2 Å². The first kappa shape index (κ1) is 29.8. The second kappa shape index (κ2) is 12.9. The number of amides is 2. The number of rotatable bonds is 11. The minimum atomic E-state index is -4.20. The number of sulfonamides is 1. The van der Waals surface area contributed by atoms with E-state index in [-0.39, 0.29) is 29.0 Å². The van der Waals surface area contributed by atoms with Crippen molar-refractivity contribution in [2.45, 2.75) is 52.1 Å². The van der Waals surface area contributed by atoms with Gasteiger partial charge in [0.15, 0.2) is 0 Å². The van der Waals surface area contributed by atoms with Crippen LogP contribution in [0.3, 0.4) is 0 Å². The van der Waals surface area contributed by atoms with E-state index >= 15 is 0 Å². The maximum Gasteiger partial charge on any atom is 0.264 e. The summed E-state index contributed by atoms with van der Waals surface area (Å²) in [6.07, 6.45) is 0. The Balaban J connectivity index is 2.01. The molecule has 1 N–H and O–H groups in total. The molecule has 9 heteroatoms. The van der Waals surface area contributed by atoms with Gasteiger partial charge in [-0.15, -0.1) is 0 Å². The molecule has 0 aromatic heterocycles. The molecule has 1 unspecified atom stereocenters. The molecule has 0 saturated carbocycles. The monoisotopic (exact) mass is 553 g/mol. The summed E-state index contributed by atoms with van der Waals surface area (Å²) in [6.45, 7) is 9.31. The van der Waals surface area contributed by atoms with E-state index in [9.17, 15) is 22.4 Å². The highest BCUT2D eigenvalue weighted by atomic mass is 32.2. The average Bonchev–Trinajstić information content (AvgIpc) is 2.89. The molecule has 0 heterocycles. The first-order valence-corrected chi connectivity index (χ1v) is 14.3. The van der Waals surface area contributed by atoms with Gasteiger partial charge in [-0.1, -0.05) is 61.4 Å². The van der Waals surface area contributed by atoms with Crippen LogP contribution in [0.5, 0.6) is 0 Å². The molecule has 0 fully saturated rings. The van der Waals surface area contributed by atoms with Gasteiger partial charge < -0.3 is 10.2 Å². The Kier molecular flexibility index (Phi) is 9.86. The van der Waals surface area contributed by atoms with E-state index in [1.807, 2.05) is 52.0 Å². The van der Waals surface area contributed by atoms with Gasteiger partial charge in [-0.25, -0.2) is 12.8 Å². The van der Waals surface area contributed by atoms with Crippen LogP contribution in [0.4, 0.5) is 10.1 Å². The molecule has 0 bridgehead atoms. The third kappa shape index (κ3) is 7.89. The fraction of sp³-hybridized carbons (Fsp3) is 0.333. The molecule has 0 aliphatic rings. The quantitative estimate of drug-likeness (QED) is 0.369. The molecule has 3 aromatic rings. The average molecular weight is 554 g/mol. The Labute approximate surface area is 230 Å². The molecule has 208 valence electrons. The van der Waals surface area contributed by atoms with Crippen molar-refractivity contribution in [2.75, 3.05) is 17.4 Å². The number of nitrogens with zero attached hydrogens (tertiary/aromatic N) is 2. The smallest absolute Gasteiger partial charge is 0.264 e. The number of carbonyl (C=O) groups excluding carboxylic acids is 2. The number of halogens is 1. The minimum absolute atomic E-state index is 0.00168. The molecule has 0 aliphatic carbocycles. The maximum atomic E-state index is 13.9. The summed E-state index contributed by atoms with van der Waals surface area (Å²) in [6, 6.07) is 17.9. The van der Waals surface area contributed by atoms with Gasteiger partial charge in [0.05, 0.1) is 10.6 Å². The van der Waals surface area contributed by atoms with Crippen molar-refractivity contribution in [3.05, 3.63) is 95.3 Å². The topological polar surface area (TPSA) is 86.8 Å². The maximum absolute atomic E-state index is 13.9. The second-order valence-electron chi connectivity index (χ2n) is 10.1. The lowest BCUT2D eigenvalue weighted by molar-refractivity contribution is -0.139. The van der Waals surface area contributed by atoms with Crippen molar-refractivity contribution >= 4 is 27.5 Å². The summed E-state index contributed by atoms with van der Waals surface area (Å²) in [5.41, 5.74) is 2.81. The summed E-state index contributed by atoms with van der Waals surface area (Å²) in [4.78, 5) is 28.3. The Hall–Kier alpha value is -3.72. The van der Waals surface area contributed by atoms with E-state index in [2.05, 4.69) is 5.32 Å². The third-order valence-electron chi connectivity index (χ3n) is 6.29. The molecule has 7 nitrogen and oxygen atoms in total. The van der Waals surface area contributed by atoms with Crippen LogP contribution in [0.15, 0.2) is 77.7 Å². The largest absolute Gasteiger partial charge is 0.354 e. The van der Waals surface area contributed by atoms with Crippen molar-refractivity contribution in [3.8, 4) is 0 Å². The van der Waals surface area contributed by atoms with Crippen LogP contribution in [0.1, 0.15) is 37.5 Å². The number of carbonyl (C=O) groups is 2. The van der Waals surface area contributed by atoms with Gasteiger partial charge in [-0.2, -0.15) is 0 Å². The van der Waals surface area contributed by atoms with Crippen molar-refractivity contribution in [1.82, 2.24) is 10.2 Å². The minimum Gasteiger partial charge on any atom is -0.354 e. The normalized spacial score (nSPS) is 12.2. The number of aryl methyl sites for hydroxylation is 2. The number of nitrogens with one attached hydrogen (secondary N) is 1. The highest BCUT2D eigenvalue weighted by Crippen LogP contribution is 2.25. The Bertz CT molecular complexity index is 1390. The Morgan fingerprint density at radius 1 is 0.897 bits per heavy atom. The highest BCUT2D eigenvalue weighted by molar-refractivity contribution is 7.92. The fourth-order valence-corrected chi connectivity index (χ4v) is 5.43. The van der Waals surface area contributed by atoms with E-state index in [0.717, 1.165) is 33.1 Å². The molecule has 2 amide bonds. The third-order valence-corrected chi connectivity index (χ3v) is 8.08. The van der Waals surface area contributed by atoms with Crippen molar-refractivity contribution in [1.29, 1.82) is 0 Å². The molecule has 0 spiro atoms. The van der Waals surface area contributed by atoms with Gasteiger partial charge in [0.2, 0.25) is 11.8 Å². The van der Waals surface area contributed by atoms with Gasteiger partial charge in [-0.3, -0.25) is 13.9 Å². The molecule has 0 radical (unpaired) electrons. The van der Waals surface area contributed by atoms with E-state index in [4.69, 9.17) is 0 Å². The standard InChI is InChI=1S/C30H36FN3O4S/c1-21(2)18-32-30(36)24(5)33(19-25-8-6-7-23(4)17-25)29(35)20-34(27-13-11-26(31)12-14-27)39(37,38)28-15-9-22(3)10-16-28/h6-17,21,24H,18-20H2,1-5H3,(H,32,36). The molecule has 3 rings (SSSR count). The van der Waals surface area contributed by atoms with Gasteiger partial charge in [-0.05, 0) is 68.7 Å². The van der Waals surface area contributed by atoms with Crippen LogP contribution >= 0.6 is 0 Å². The Morgan fingerprint density at radius 2 is 1.54 bits per heavy atom. The van der Waals surface area contributed by atoms with Crippen LogP contribution in [-0.4, -0.2) is 44.3 Å². The lowest BCUT2D eigenvalue weighted by Crippen LogP contribution is -2.51. The molecule has 0 saturated heterocycles. The van der Waals surface area contributed by atoms with Gasteiger partial charge in [0, 0.05) is 13.1 Å². The first-order valence-electron chi connectivity index (χ1n) is 12.9. The van der Waals surface area contributed by atoms with Gasteiger partial charge in [0.25, 0.3) is 10.0 Å². The second-order valence-corrected chi connectivity index (χ2v) is 12.0. The van der Waals surface area contributed by atoms with Crippen LogP contribution in [0, 0.1) is 25.6 Å². The molecular weight excluding hydrogens is 517 g/mol. The molecule has 0 aliphatic heterocycles. The summed E-state index contributed by atoms with van der Waals surface area (Å²) >= 11 is 0. The molecule has 39 heavy (non-hydrogen) atoms. The van der Waals surface area contributed by atoms with Crippen molar-refractivity contribution in [2.24, 2.45) is 5.92 Å². The zero-order valence-corrected chi connectivity index (χ0v) is 23.8. The van der Waals surface area contributed by atoms with Crippen molar-refractivity contribution in [3.63, 3.8) is 0 Å². The van der Waals surface area contributed by atoms with E-state index < -0.39 is 34.3 Å². The lowest BCUT2D eigenvalue weighted by atomic mass is 10.1. The predicted octanol–water partition coefficient (Wildman–Crippen LogP) is 4.83. The van der Waals surface area contributed by atoms with E-state index in [0.29, 0.717) is 6.54 Å². The van der Waals surface area contributed by atoms with Gasteiger partial charge in [0.1, 0.15) is 18.4 Å². The number of hydrogen-bond donors (Lipinski definition) is 1. The summed E-state index contributed by atoms with van der Waals surface area (Å²) in [5.74, 6) is -1.21. The van der Waals surface area contributed by atoms with Crippen LogP contribution in [0.2, 0.25) is 0 Å². The predicted molar refractivity (Wildman–Crippen MR) is 151 cm³/mol. The van der Waals surface area contributed by atoms with Crippen LogP contribution < -0.4 is 9.62 Å². The zero-order chi connectivity index (χ0) is 28.7. The van der Waals surface area contributed by atoms with Gasteiger partial charge >= 0.3 is 0 Å². The zero-order valence-electron chi connectivity index (χ0n) is 23.0. The SMILES string of the molecule is Cc1ccc(S(=O)(=O)N(CC(=O)N(Cc2cccc(C)c2)C(C)C(=O)NCC(C)C)c2ccc(F)cc2)cc1. The van der Waals surface area contributed by atoms with E-state index in [1.54, 1.807) is 19.1 Å². The highest BCUT2D eigenvalue weighted by Gasteiger charge is 2.32. The first-order chi connectivity index (χ1) is 18.4. The number of anilines is 1. The van der Waals surface area contributed by atoms with E-state index in [1.165, 1.54) is 29.2 Å². The lowest BCUT2D eigenvalue weighted by Gasteiger charge is -2.32. The van der Waals surface area contributed by atoms with Crippen LogP contribution in [0.25, 0.3) is 0 Å². The van der Waals surface area contributed by atoms with Crippen molar-refractivity contribution < 1.29 is 22.4 Å². The fourth-order valence-electron chi connectivity index (χ4n) is 4.02. The Morgan fingerprint density at radius 3 is 2.13 bits per heavy atom. The number of hydrogen-bond acceptors (Lipinski definition) is 4. The summed E-state index contributed by atoms with van der Waals surface area (Å²) in [5, 5.41) is 2.86.